The predicted octanol–water partition coefficient (Wildman–Crippen LogP) is 0.517. The smallest absolute Gasteiger partial charge is 0.165 e. The van der Waals surface area contributed by atoms with Gasteiger partial charge in [-0.2, -0.15) is 0 Å². The van der Waals surface area contributed by atoms with Gasteiger partial charge in [0.15, 0.2) is 6.29 Å². The van der Waals surface area contributed by atoms with Crippen molar-refractivity contribution in [1.29, 1.82) is 0 Å². The van der Waals surface area contributed by atoms with E-state index < -0.39 is 0 Å². The molecular formula is C12H20FN3O. The molecule has 1 atom stereocenters. The number of halogens is 1. The van der Waals surface area contributed by atoms with Gasteiger partial charge in [-0.25, -0.2) is 4.39 Å². The number of nitrogens with two attached hydrogens (primary N) is 1. The van der Waals surface area contributed by atoms with Crippen LogP contribution in [0.5, 0.6) is 0 Å². The number of rotatable bonds is 6. The summed E-state index contributed by atoms with van der Waals surface area (Å²) in [5.74, 6) is 0. The summed E-state index contributed by atoms with van der Waals surface area (Å²) in [5.41, 5.74) is 5.56. The quantitative estimate of drug-likeness (QED) is 0.418. The molecule has 0 aromatic rings. The number of nitrogens with zero attached hydrogens (tertiary/aromatic N) is 2. The minimum Gasteiger partial charge on any atom is -0.396 e. The average molecular weight is 241 g/mol. The first kappa shape index (κ1) is 13.7. The molecular weight excluding hydrogens is 221 g/mol. The van der Waals surface area contributed by atoms with Crippen molar-refractivity contribution < 1.29 is 9.18 Å². The molecule has 1 unspecified atom stereocenters. The molecule has 1 aliphatic heterocycles. The van der Waals surface area contributed by atoms with E-state index >= 15 is 0 Å². The Bertz CT molecular complexity index is 304. The Balaban J connectivity index is 2.39. The normalized spacial score (nSPS) is 22.2. The number of likely N-dealkylation sites (tertiary alicyclic amines) is 1. The van der Waals surface area contributed by atoms with Gasteiger partial charge >= 0.3 is 0 Å². The summed E-state index contributed by atoms with van der Waals surface area (Å²) in [6, 6.07) is 0.406. The Kier molecular flexibility index (Phi) is 5.69. The highest BCUT2D eigenvalue weighted by atomic mass is 19.1. The van der Waals surface area contributed by atoms with Crippen LogP contribution in [0, 0.1) is 0 Å². The van der Waals surface area contributed by atoms with Gasteiger partial charge in [-0.15, -0.1) is 0 Å². The molecule has 0 saturated carbocycles. The summed E-state index contributed by atoms with van der Waals surface area (Å²) < 4.78 is 12.2. The molecule has 0 aliphatic carbocycles. The van der Waals surface area contributed by atoms with Crippen LogP contribution in [0.3, 0.4) is 0 Å². The van der Waals surface area contributed by atoms with Gasteiger partial charge in [0.1, 0.15) is 6.67 Å². The number of carbonyl (C=O) groups excluding carboxylic acids is 1. The van der Waals surface area contributed by atoms with Crippen LogP contribution in [0.4, 0.5) is 4.39 Å². The molecule has 1 aliphatic rings. The van der Waals surface area contributed by atoms with Crippen LogP contribution in [-0.4, -0.2) is 55.5 Å². The molecule has 0 radical (unpaired) electrons. The summed E-state index contributed by atoms with van der Waals surface area (Å²) >= 11 is 0. The fraction of sp³-hybridized carbons (Fsp3) is 0.583. The molecule has 2 N–H and O–H groups in total. The fourth-order valence-electron chi connectivity index (χ4n) is 1.92. The minimum absolute atomic E-state index is 0.208. The number of carbonyl (C=O) groups is 1. The van der Waals surface area contributed by atoms with Crippen molar-refractivity contribution in [3.05, 3.63) is 24.0 Å². The monoisotopic (exact) mass is 241 g/mol. The highest BCUT2D eigenvalue weighted by molar-refractivity contribution is 5.72. The third kappa shape index (κ3) is 4.56. The van der Waals surface area contributed by atoms with Crippen LogP contribution >= 0.6 is 0 Å². The number of hydrogen-bond donors (Lipinski definition) is 1. The Morgan fingerprint density at radius 1 is 1.65 bits per heavy atom. The van der Waals surface area contributed by atoms with Gasteiger partial charge in [0.2, 0.25) is 0 Å². The van der Waals surface area contributed by atoms with Crippen LogP contribution in [0.25, 0.3) is 0 Å². The maximum atomic E-state index is 12.2. The predicted molar refractivity (Wildman–Crippen MR) is 66.1 cm³/mol. The Labute approximate surface area is 102 Å². The summed E-state index contributed by atoms with van der Waals surface area (Å²) in [7, 11) is 1.98. The van der Waals surface area contributed by atoms with Crippen molar-refractivity contribution >= 4 is 6.29 Å². The Morgan fingerprint density at radius 2 is 2.41 bits per heavy atom. The maximum absolute atomic E-state index is 12.2. The molecule has 0 aromatic heterocycles. The van der Waals surface area contributed by atoms with Crippen LogP contribution in [-0.2, 0) is 4.79 Å². The lowest BCUT2D eigenvalue weighted by molar-refractivity contribution is -0.104. The molecule has 1 rings (SSSR count). The molecule has 1 heterocycles. The highest BCUT2D eigenvalue weighted by Crippen LogP contribution is 2.14. The van der Waals surface area contributed by atoms with Crippen LogP contribution in [0.15, 0.2) is 24.0 Å². The van der Waals surface area contributed by atoms with Crippen molar-refractivity contribution in [2.24, 2.45) is 5.73 Å². The van der Waals surface area contributed by atoms with Crippen molar-refractivity contribution in [1.82, 2.24) is 9.80 Å². The molecule has 0 amide bonds. The zero-order valence-corrected chi connectivity index (χ0v) is 10.2. The third-order valence-corrected chi connectivity index (χ3v) is 2.97. The van der Waals surface area contributed by atoms with E-state index in [4.69, 9.17) is 5.73 Å². The number of likely N-dealkylation sites (N-methyl/N-ethyl adjacent to an activating group) is 1. The van der Waals surface area contributed by atoms with E-state index in [1.54, 1.807) is 12.2 Å². The van der Waals surface area contributed by atoms with E-state index in [1.165, 1.54) is 0 Å². The highest BCUT2D eigenvalue weighted by Gasteiger charge is 2.23. The average Bonchev–Trinajstić information content (AvgIpc) is 2.78. The first-order valence-corrected chi connectivity index (χ1v) is 5.76. The van der Waals surface area contributed by atoms with Gasteiger partial charge in [0.25, 0.3) is 0 Å². The van der Waals surface area contributed by atoms with Gasteiger partial charge in [-0.05, 0) is 24.8 Å². The van der Waals surface area contributed by atoms with E-state index in [2.05, 4.69) is 9.80 Å². The molecule has 5 heteroatoms. The molecule has 0 aromatic carbocycles. The number of alkyl halides is 1. The van der Waals surface area contributed by atoms with Crippen molar-refractivity contribution in [3.8, 4) is 0 Å². The minimum atomic E-state index is -0.287. The molecule has 1 saturated heterocycles. The van der Waals surface area contributed by atoms with Crippen LogP contribution < -0.4 is 5.73 Å². The summed E-state index contributed by atoms with van der Waals surface area (Å²) in [4.78, 5) is 14.5. The molecule has 17 heavy (non-hydrogen) atoms. The third-order valence-electron chi connectivity index (χ3n) is 2.97. The maximum Gasteiger partial charge on any atom is 0.165 e. The summed E-state index contributed by atoms with van der Waals surface area (Å²) in [6.07, 6.45) is 6.86. The molecule has 96 valence electrons. The van der Waals surface area contributed by atoms with Crippen molar-refractivity contribution in [2.45, 2.75) is 12.5 Å². The Morgan fingerprint density at radius 3 is 3.06 bits per heavy atom. The second-order valence-corrected chi connectivity index (χ2v) is 4.22. The largest absolute Gasteiger partial charge is 0.396 e. The number of aldehydes is 1. The van der Waals surface area contributed by atoms with Gasteiger partial charge in [0.05, 0.1) is 5.70 Å². The topological polar surface area (TPSA) is 49.6 Å². The van der Waals surface area contributed by atoms with E-state index in [0.29, 0.717) is 18.9 Å². The first-order valence-electron chi connectivity index (χ1n) is 5.76. The summed E-state index contributed by atoms with van der Waals surface area (Å²) in [6.45, 7) is 2.06. The van der Waals surface area contributed by atoms with E-state index in [0.717, 1.165) is 19.5 Å². The second-order valence-electron chi connectivity index (χ2n) is 4.22. The van der Waals surface area contributed by atoms with Crippen LogP contribution in [0.2, 0.25) is 0 Å². The standard InChI is InChI=1S/C12H20FN3O/c1-15(6-2-3-11(14)10-17)12-4-7-16(9-12)8-5-13/h2-3,6,10,12H,4-5,7-9,14H2,1H3/b6-2-,11-3+. The summed E-state index contributed by atoms with van der Waals surface area (Å²) in [5, 5.41) is 0. The lowest BCUT2D eigenvalue weighted by Gasteiger charge is -2.22. The zero-order chi connectivity index (χ0) is 12.7. The zero-order valence-electron chi connectivity index (χ0n) is 10.2. The first-order chi connectivity index (χ1) is 8.17. The van der Waals surface area contributed by atoms with E-state index in [9.17, 15) is 9.18 Å². The van der Waals surface area contributed by atoms with E-state index in [-0.39, 0.29) is 12.4 Å². The second kappa shape index (κ2) is 7.06. The van der Waals surface area contributed by atoms with Gasteiger partial charge in [-0.1, -0.05) is 0 Å². The lowest BCUT2D eigenvalue weighted by Crippen LogP contribution is -2.31. The molecule has 0 bridgehead atoms. The van der Waals surface area contributed by atoms with E-state index in [1.807, 2.05) is 13.2 Å². The fourth-order valence-corrected chi connectivity index (χ4v) is 1.92. The number of allylic oxidation sites excluding steroid dienone is 3. The van der Waals surface area contributed by atoms with Gasteiger partial charge in [0, 0.05) is 32.7 Å². The van der Waals surface area contributed by atoms with Crippen molar-refractivity contribution in [2.75, 3.05) is 33.4 Å². The Hall–Kier alpha value is -1.36. The number of hydrogen-bond acceptors (Lipinski definition) is 4. The molecule has 0 spiro atoms. The SMILES string of the molecule is CN(/C=C\C=C(\N)C=O)C1CCN(CCF)C1. The van der Waals surface area contributed by atoms with Crippen LogP contribution in [0.1, 0.15) is 6.42 Å². The van der Waals surface area contributed by atoms with Crippen molar-refractivity contribution in [3.63, 3.8) is 0 Å². The van der Waals surface area contributed by atoms with Gasteiger partial charge in [-0.3, -0.25) is 9.69 Å². The molecule has 1 fully saturated rings. The van der Waals surface area contributed by atoms with Gasteiger partial charge < -0.3 is 10.6 Å². The molecule has 4 nitrogen and oxygen atoms in total. The lowest BCUT2D eigenvalue weighted by atomic mass is 10.2.